The van der Waals surface area contributed by atoms with Crippen LogP contribution in [0.25, 0.3) is 0 Å². The van der Waals surface area contributed by atoms with Crippen molar-refractivity contribution in [1.82, 2.24) is 5.32 Å². The molecule has 0 radical (unpaired) electrons. The highest BCUT2D eigenvalue weighted by molar-refractivity contribution is 7.99. The molecule has 0 aromatic heterocycles. The zero-order valence-electron chi connectivity index (χ0n) is 8.45. The maximum absolute atomic E-state index is 11.4. The van der Waals surface area contributed by atoms with Crippen LogP contribution in [0, 0.1) is 23.2 Å². The first-order valence-corrected chi connectivity index (χ1v) is 6.18. The molecule has 78 valence electrons. The van der Waals surface area contributed by atoms with Crippen LogP contribution in [0.1, 0.15) is 19.8 Å². The van der Waals surface area contributed by atoms with E-state index in [9.17, 15) is 4.79 Å². The van der Waals surface area contributed by atoms with Crippen molar-refractivity contribution in [3.63, 3.8) is 0 Å². The fourth-order valence-corrected chi connectivity index (χ4v) is 2.73. The highest BCUT2D eigenvalue weighted by Crippen LogP contribution is 2.22. The van der Waals surface area contributed by atoms with Crippen LogP contribution in [0.3, 0.4) is 0 Å². The SMILES string of the molecule is CCC(C#N)C(=O)NCC1CCSC1. The molecular weight excluding hydrogens is 196 g/mol. The summed E-state index contributed by atoms with van der Waals surface area (Å²) in [5, 5.41) is 11.5. The van der Waals surface area contributed by atoms with E-state index in [1.54, 1.807) is 0 Å². The first kappa shape index (κ1) is 11.4. The molecule has 1 heterocycles. The molecule has 1 N–H and O–H groups in total. The second kappa shape index (κ2) is 5.92. The summed E-state index contributed by atoms with van der Waals surface area (Å²) in [5.41, 5.74) is 0. The van der Waals surface area contributed by atoms with E-state index in [1.807, 2.05) is 24.8 Å². The van der Waals surface area contributed by atoms with E-state index >= 15 is 0 Å². The molecule has 1 saturated heterocycles. The van der Waals surface area contributed by atoms with E-state index in [-0.39, 0.29) is 5.91 Å². The van der Waals surface area contributed by atoms with Crippen molar-refractivity contribution in [2.75, 3.05) is 18.1 Å². The number of rotatable bonds is 4. The summed E-state index contributed by atoms with van der Waals surface area (Å²) >= 11 is 1.94. The predicted octanol–water partition coefficient (Wildman–Crippen LogP) is 1.41. The topological polar surface area (TPSA) is 52.9 Å². The van der Waals surface area contributed by atoms with Crippen molar-refractivity contribution < 1.29 is 4.79 Å². The summed E-state index contributed by atoms with van der Waals surface area (Å²) in [5.74, 6) is 2.38. The van der Waals surface area contributed by atoms with Crippen LogP contribution in [-0.2, 0) is 4.79 Å². The number of nitriles is 1. The maximum atomic E-state index is 11.4. The number of hydrogen-bond donors (Lipinski definition) is 1. The van der Waals surface area contributed by atoms with Crippen LogP contribution in [0.2, 0.25) is 0 Å². The predicted molar refractivity (Wildman–Crippen MR) is 57.8 cm³/mol. The van der Waals surface area contributed by atoms with Gasteiger partial charge in [-0.05, 0) is 30.3 Å². The number of nitrogens with zero attached hydrogens (tertiary/aromatic N) is 1. The molecule has 2 unspecified atom stereocenters. The first-order valence-electron chi connectivity index (χ1n) is 5.03. The van der Waals surface area contributed by atoms with Crippen LogP contribution in [0.5, 0.6) is 0 Å². The molecule has 0 aromatic carbocycles. The third-order valence-corrected chi connectivity index (χ3v) is 3.70. The van der Waals surface area contributed by atoms with E-state index in [2.05, 4.69) is 5.32 Å². The quantitative estimate of drug-likeness (QED) is 0.766. The van der Waals surface area contributed by atoms with Crippen LogP contribution in [0.15, 0.2) is 0 Å². The molecule has 3 nitrogen and oxygen atoms in total. The van der Waals surface area contributed by atoms with Gasteiger partial charge in [0.25, 0.3) is 0 Å². The lowest BCUT2D eigenvalue weighted by Crippen LogP contribution is -2.33. The Morgan fingerprint density at radius 3 is 3.07 bits per heavy atom. The number of hydrogen-bond acceptors (Lipinski definition) is 3. The largest absolute Gasteiger partial charge is 0.355 e. The molecule has 4 heteroatoms. The van der Waals surface area contributed by atoms with Gasteiger partial charge in [0.2, 0.25) is 5.91 Å². The lowest BCUT2D eigenvalue weighted by molar-refractivity contribution is -0.123. The molecule has 0 spiro atoms. The lowest BCUT2D eigenvalue weighted by atomic mass is 10.1. The van der Waals surface area contributed by atoms with E-state index in [0.29, 0.717) is 12.3 Å². The minimum absolute atomic E-state index is 0.105. The Morgan fingerprint density at radius 1 is 1.79 bits per heavy atom. The van der Waals surface area contributed by atoms with Gasteiger partial charge in [-0.2, -0.15) is 17.0 Å². The number of nitrogens with one attached hydrogen (secondary N) is 1. The van der Waals surface area contributed by atoms with Crippen LogP contribution in [0.4, 0.5) is 0 Å². The molecule has 14 heavy (non-hydrogen) atoms. The number of carbonyl (C=O) groups excluding carboxylic acids is 1. The van der Waals surface area contributed by atoms with E-state index in [4.69, 9.17) is 5.26 Å². The summed E-state index contributed by atoms with van der Waals surface area (Å²) < 4.78 is 0. The van der Waals surface area contributed by atoms with Gasteiger partial charge in [-0.1, -0.05) is 6.92 Å². The van der Waals surface area contributed by atoms with E-state index in [1.165, 1.54) is 12.2 Å². The average molecular weight is 212 g/mol. The Bertz CT molecular complexity index is 231. The van der Waals surface area contributed by atoms with Gasteiger partial charge in [0, 0.05) is 6.54 Å². The Balaban J connectivity index is 2.23. The summed E-state index contributed by atoms with van der Waals surface area (Å²) in [4.78, 5) is 11.4. The molecule has 0 aliphatic carbocycles. The van der Waals surface area contributed by atoms with Gasteiger partial charge in [0.05, 0.1) is 6.07 Å². The van der Waals surface area contributed by atoms with Gasteiger partial charge in [-0.15, -0.1) is 0 Å². The summed E-state index contributed by atoms with van der Waals surface area (Å²) in [7, 11) is 0. The smallest absolute Gasteiger partial charge is 0.237 e. The second-order valence-corrected chi connectivity index (χ2v) is 4.71. The summed E-state index contributed by atoms with van der Waals surface area (Å²) in [6.45, 7) is 2.60. The van der Waals surface area contributed by atoms with E-state index < -0.39 is 5.92 Å². The molecule has 1 fully saturated rings. The second-order valence-electron chi connectivity index (χ2n) is 3.56. The van der Waals surface area contributed by atoms with Crippen molar-refractivity contribution in [2.24, 2.45) is 11.8 Å². The Hall–Kier alpha value is -0.690. The van der Waals surface area contributed by atoms with E-state index in [0.717, 1.165) is 12.3 Å². The Labute approximate surface area is 89.2 Å². The van der Waals surface area contributed by atoms with Gasteiger partial charge >= 0.3 is 0 Å². The normalized spacial score (nSPS) is 22.7. The highest BCUT2D eigenvalue weighted by Gasteiger charge is 2.19. The summed E-state index contributed by atoms with van der Waals surface area (Å²) in [6.07, 6.45) is 1.79. The minimum atomic E-state index is -0.468. The number of amides is 1. The van der Waals surface area contributed by atoms with Gasteiger partial charge in [0.1, 0.15) is 5.92 Å². The summed E-state index contributed by atoms with van der Waals surface area (Å²) in [6, 6.07) is 2.01. The average Bonchev–Trinajstić information content (AvgIpc) is 2.69. The molecule has 0 aromatic rings. The molecule has 1 aliphatic rings. The molecule has 0 bridgehead atoms. The first-order chi connectivity index (χ1) is 6.77. The van der Waals surface area contributed by atoms with Gasteiger partial charge in [-0.3, -0.25) is 4.79 Å². The van der Waals surface area contributed by atoms with Crippen LogP contribution >= 0.6 is 11.8 Å². The molecule has 0 saturated carbocycles. The minimum Gasteiger partial charge on any atom is -0.355 e. The number of carbonyl (C=O) groups is 1. The molecular formula is C10H16N2OS. The monoisotopic (exact) mass is 212 g/mol. The zero-order chi connectivity index (χ0) is 10.4. The maximum Gasteiger partial charge on any atom is 0.237 e. The van der Waals surface area contributed by atoms with Gasteiger partial charge in [-0.25, -0.2) is 0 Å². The van der Waals surface area contributed by atoms with Crippen molar-refractivity contribution in [1.29, 1.82) is 5.26 Å². The highest BCUT2D eigenvalue weighted by atomic mass is 32.2. The fourth-order valence-electron chi connectivity index (χ4n) is 1.45. The molecule has 1 aliphatic heterocycles. The molecule has 1 rings (SSSR count). The third-order valence-electron chi connectivity index (χ3n) is 2.47. The van der Waals surface area contributed by atoms with Gasteiger partial charge < -0.3 is 5.32 Å². The van der Waals surface area contributed by atoms with Crippen LogP contribution < -0.4 is 5.32 Å². The van der Waals surface area contributed by atoms with Gasteiger partial charge in [0.15, 0.2) is 0 Å². The van der Waals surface area contributed by atoms with Crippen molar-refractivity contribution >= 4 is 17.7 Å². The Kier molecular flexibility index (Phi) is 4.81. The van der Waals surface area contributed by atoms with Crippen molar-refractivity contribution in [3.05, 3.63) is 0 Å². The standard InChI is InChI=1S/C10H16N2OS/c1-2-9(5-11)10(13)12-6-8-3-4-14-7-8/h8-9H,2-4,6-7H2,1H3,(H,12,13). The molecule has 2 atom stereocenters. The van der Waals surface area contributed by atoms with Crippen molar-refractivity contribution in [3.8, 4) is 6.07 Å². The lowest BCUT2D eigenvalue weighted by Gasteiger charge is -2.11. The molecule has 1 amide bonds. The zero-order valence-corrected chi connectivity index (χ0v) is 9.27. The fraction of sp³-hybridized carbons (Fsp3) is 0.800. The van der Waals surface area contributed by atoms with Crippen LogP contribution in [-0.4, -0.2) is 24.0 Å². The third kappa shape index (κ3) is 3.22. The van der Waals surface area contributed by atoms with Crippen molar-refractivity contribution in [2.45, 2.75) is 19.8 Å². The Morgan fingerprint density at radius 2 is 2.57 bits per heavy atom. The number of thioether (sulfide) groups is 1.